The molecule has 0 spiro atoms. The first kappa shape index (κ1) is 19.1. The maximum Gasteiger partial charge on any atom is 0.330 e. The lowest BCUT2D eigenvalue weighted by Crippen LogP contribution is -2.31. The molecule has 27 heavy (non-hydrogen) atoms. The summed E-state index contributed by atoms with van der Waals surface area (Å²) in [6, 6.07) is 1.87. The Hall–Kier alpha value is -2.68. The Balaban J connectivity index is 1.91. The average molecular weight is 390 g/mol. The molecule has 0 radical (unpaired) electrons. The fourth-order valence-electron chi connectivity index (χ4n) is 2.95. The van der Waals surface area contributed by atoms with Crippen molar-refractivity contribution in [1.29, 1.82) is 0 Å². The van der Waals surface area contributed by atoms with Gasteiger partial charge in [-0.15, -0.1) is 0 Å². The summed E-state index contributed by atoms with van der Waals surface area (Å²) in [5.74, 6) is 0.0907. The van der Waals surface area contributed by atoms with E-state index in [2.05, 4.69) is 9.97 Å². The molecule has 1 N–H and O–H groups in total. The highest BCUT2D eigenvalue weighted by Gasteiger charge is 2.18. The van der Waals surface area contributed by atoms with Gasteiger partial charge in [0, 0.05) is 13.1 Å². The summed E-state index contributed by atoms with van der Waals surface area (Å²) in [5.41, 5.74) is 0.620. The number of aryl methyl sites for hydroxylation is 2. The molecule has 144 valence electrons. The molecule has 0 aliphatic rings. The number of hydrogen-bond acceptors (Lipinski definition) is 6. The van der Waals surface area contributed by atoms with Crippen LogP contribution < -0.4 is 11.2 Å². The van der Waals surface area contributed by atoms with E-state index in [0.717, 1.165) is 18.4 Å². The average Bonchev–Trinajstić information content (AvgIpc) is 3.27. The van der Waals surface area contributed by atoms with E-state index in [1.807, 2.05) is 30.7 Å². The molecule has 3 rings (SSSR count). The Labute approximate surface area is 159 Å². The second kappa shape index (κ2) is 8.34. The fraction of sp³-hybridized carbons (Fsp3) is 0.444. The second-order valence-corrected chi connectivity index (χ2v) is 6.96. The quantitative estimate of drug-likeness (QED) is 0.594. The third-order valence-electron chi connectivity index (χ3n) is 4.31. The number of rotatable bonds is 8. The summed E-state index contributed by atoms with van der Waals surface area (Å²) < 4.78 is 8.51. The number of hydrogen-bond donors (Lipinski definition) is 1. The van der Waals surface area contributed by atoms with Crippen LogP contribution >= 0.6 is 11.3 Å². The summed E-state index contributed by atoms with van der Waals surface area (Å²) >= 11 is 1.52. The molecule has 0 bridgehead atoms. The van der Waals surface area contributed by atoms with E-state index in [1.54, 1.807) is 4.57 Å². The van der Waals surface area contributed by atoms with Crippen molar-refractivity contribution in [2.45, 2.75) is 52.8 Å². The number of aromatic amines is 1. The topological polar surface area (TPSA) is 99.0 Å². The van der Waals surface area contributed by atoms with Gasteiger partial charge in [-0.2, -0.15) is 11.3 Å². The van der Waals surface area contributed by atoms with Crippen LogP contribution in [0.5, 0.6) is 0 Å². The number of esters is 1. The SMILES string of the molecule is CCCCn1c(=O)[nH]c(=O)c2c1nc(COC(=O)Cc1ccsc1)n2CC. The standard InChI is InChI=1S/C18H22N4O4S/c1-3-5-7-22-16-15(17(24)20-18(22)25)21(4-2)13(19-16)10-26-14(23)9-12-6-8-27-11-12/h6,8,11H,3-5,7,9-10H2,1-2H3,(H,20,24,25). The molecule has 3 aromatic heterocycles. The maximum atomic E-state index is 12.3. The number of imidazole rings is 1. The third-order valence-corrected chi connectivity index (χ3v) is 5.04. The van der Waals surface area contributed by atoms with Gasteiger partial charge in [0.2, 0.25) is 0 Å². The van der Waals surface area contributed by atoms with E-state index in [-0.39, 0.29) is 19.0 Å². The molecule has 3 heterocycles. The number of carbonyl (C=O) groups is 1. The van der Waals surface area contributed by atoms with Crippen LogP contribution in [0.25, 0.3) is 11.2 Å². The van der Waals surface area contributed by atoms with Gasteiger partial charge < -0.3 is 9.30 Å². The van der Waals surface area contributed by atoms with E-state index in [1.165, 1.54) is 15.9 Å². The van der Waals surface area contributed by atoms with Crippen molar-refractivity contribution in [3.63, 3.8) is 0 Å². The van der Waals surface area contributed by atoms with Gasteiger partial charge >= 0.3 is 11.7 Å². The summed E-state index contributed by atoms with van der Waals surface area (Å²) in [6.45, 7) is 4.80. The number of H-pyrrole nitrogens is 1. The number of unbranched alkanes of at least 4 members (excludes halogenated alkanes) is 1. The zero-order valence-electron chi connectivity index (χ0n) is 15.4. The largest absolute Gasteiger partial charge is 0.457 e. The van der Waals surface area contributed by atoms with Crippen LogP contribution in [0.1, 0.15) is 38.1 Å². The van der Waals surface area contributed by atoms with Crippen LogP contribution in [-0.2, 0) is 35.6 Å². The lowest BCUT2D eigenvalue weighted by Gasteiger charge is -2.07. The molecule has 0 aliphatic carbocycles. The van der Waals surface area contributed by atoms with Gasteiger partial charge in [-0.25, -0.2) is 9.78 Å². The number of nitrogens with one attached hydrogen (secondary N) is 1. The molecule has 3 aromatic rings. The Kier molecular flexibility index (Phi) is 5.90. The molecule has 0 aliphatic heterocycles. The predicted molar refractivity (Wildman–Crippen MR) is 103 cm³/mol. The number of ether oxygens (including phenoxy) is 1. The van der Waals surface area contributed by atoms with Crippen LogP contribution in [0.2, 0.25) is 0 Å². The first-order valence-corrected chi connectivity index (χ1v) is 9.88. The van der Waals surface area contributed by atoms with Gasteiger partial charge in [-0.1, -0.05) is 13.3 Å². The molecule has 8 nitrogen and oxygen atoms in total. The van der Waals surface area contributed by atoms with E-state index in [0.29, 0.717) is 30.1 Å². The third kappa shape index (κ3) is 4.02. The molecule has 0 saturated heterocycles. The molecule has 0 aromatic carbocycles. The normalized spacial score (nSPS) is 11.2. The first-order chi connectivity index (χ1) is 13.0. The number of aromatic nitrogens is 4. The summed E-state index contributed by atoms with van der Waals surface area (Å²) in [7, 11) is 0. The van der Waals surface area contributed by atoms with Crippen LogP contribution in [0.4, 0.5) is 0 Å². The molecule has 9 heteroatoms. The molecule has 0 unspecified atom stereocenters. The number of thiophene rings is 1. The lowest BCUT2D eigenvalue weighted by atomic mass is 10.2. The van der Waals surface area contributed by atoms with Gasteiger partial charge in [-0.05, 0) is 35.7 Å². The minimum absolute atomic E-state index is 0.0487. The van der Waals surface area contributed by atoms with Crippen molar-refractivity contribution in [3.05, 3.63) is 49.1 Å². The Morgan fingerprint density at radius 2 is 2.11 bits per heavy atom. The monoisotopic (exact) mass is 390 g/mol. The zero-order chi connectivity index (χ0) is 19.4. The zero-order valence-corrected chi connectivity index (χ0v) is 16.2. The smallest absolute Gasteiger partial charge is 0.330 e. The summed E-state index contributed by atoms with van der Waals surface area (Å²) in [6.07, 6.45) is 1.90. The van der Waals surface area contributed by atoms with Gasteiger partial charge in [0.1, 0.15) is 12.4 Å². The summed E-state index contributed by atoms with van der Waals surface area (Å²) in [5, 5.41) is 3.80. The second-order valence-electron chi connectivity index (χ2n) is 6.18. The molecule has 0 saturated carbocycles. The predicted octanol–water partition coefficient (Wildman–Crippen LogP) is 2.05. The lowest BCUT2D eigenvalue weighted by molar-refractivity contribution is -0.144. The minimum atomic E-state index is -0.479. The first-order valence-electron chi connectivity index (χ1n) is 8.94. The highest BCUT2D eigenvalue weighted by molar-refractivity contribution is 7.07. The van der Waals surface area contributed by atoms with E-state index in [9.17, 15) is 14.4 Å². The maximum absolute atomic E-state index is 12.3. The van der Waals surface area contributed by atoms with Crippen molar-refractivity contribution < 1.29 is 9.53 Å². The van der Waals surface area contributed by atoms with E-state index < -0.39 is 11.2 Å². The van der Waals surface area contributed by atoms with Gasteiger partial charge in [-0.3, -0.25) is 19.1 Å². The number of carbonyl (C=O) groups excluding carboxylic acids is 1. The van der Waals surface area contributed by atoms with Crippen LogP contribution in [0.3, 0.4) is 0 Å². The molecule has 0 atom stereocenters. The van der Waals surface area contributed by atoms with Crippen molar-refractivity contribution in [2.24, 2.45) is 0 Å². The van der Waals surface area contributed by atoms with Crippen molar-refractivity contribution in [2.75, 3.05) is 0 Å². The van der Waals surface area contributed by atoms with Crippen molar-refractivity contribution in [3.8, 4) is 0 Å². The van der Waals surface area contributed by atoms with Crippen LogP contribution in [0, 0.1) is 0 Å². The Morgan fingerprint density at radius 1 is 1.30 bits per heavy atom. The number of nitrogens with zero attached hydrogens (tertiary/aromatic N) is 3. The van der Waals surface area contributed by atoms with Gasteiger partial charge in [0.15, 0.2) is 11.2 Å². The van der Waals surface area contributed by atoms with Crippen molar-refractivity contribution >= 4 is 28.5 Å². The van der Waals surface area contributed by atoms with Crippen LogP contribution in [0.15, 0.2) is 26.4 Å². The Morgan fingerprint density at radius 3 is 2.78 bits per heavy atom. The molecule has 0 amide bonds. The van der Waals surface area contributed by atoms with E-state index in [4.69, 9.17) is 4.74 Å². The van der Waals surface area contributed by atoms with E-state index >= 15 is 0 Å². The molecule has 0 fully saturated rings. The molecular weight excluding hydrogens is 368 g/mol. The van der Waals surface area contributed by atoms with Crippen molar-refractivity contribution in [1.82, 2.24) is 19.1 Å². The fourth-order valence-corrected chi connectivity index (χ4v) is 3.62. The molecular formula is C18H22N4O4S. The highest BCUT2D eigenvalue weighted by atomic mass is 32.1. The Bertz CT molecular complexity index is 1050. The van der Waals surface area contributed by atoms with Crippen LogP contribution in [-0.4, -0.2) is 25.1 Å². The summed E-state index contributed by atoms with van der Waals surface area (Å²) in [4.78, 5) is 43.4. The number of fused-ring (bicyclic) bond motifs is 1. The van der Waals surface area contributed by atoms with Gasteiger partial charge in [0.25, 0.3) is 5.56 Å². The van der Waals surface area contributed by atoms with Gasteiger partial charge in [0.05, 0.1) is 6.42 Å². The highest BCUT2D eigenvalue weighted by Crippen LogP contribution is 2.14. The minimum Gasteiger partial charge on any atom is -0.457 e.